The number of fused-ring (bicyclic) bond motifs is 1. The maximum absolute atomic E-state index is 13.1. The molecule has 1 aliphatic rings. The Kier molecular flexibility index (Phi) is 7.72. The van der Waals surface area contributed by atoms with Crippen molar-refractivity contribution in [2.45, 2.75) is 35.1 Å². The second-order valence-corrected chi connectivity index (χ2v) is 11.5. The number of imide groups is 1. The first-order valence-corrected chi connectivity index (χ1v) is 13.7. The molecule has 8 nitrogen and oxygen atoms in total. The van der Waals surface area contributed by atoms with Crippen molar-refractivity contribution in [2.24, 2.45) is 0 Å². The Morgan fingerprint density at radius 3 is 2.34 bits per heavy atom. The van der Waals surface area contributed by atoms with Crippen molar-refractivity contribution in [3.8, 4) is 0 Å². The Hall–Kier alpha value is -3.37. The van der Waals surface area contributed by atoms with E-state index in [1.807, 2.05) is 0 Å². The van der Waals surface area contributed by atoms with E-state index in [2.05, 4.69) is 10.3 Å². The molecular formula is C25H25N3O5S2. The fraction of sp³-hybridized carbons (Fsp3) is 0.280. The second kappa shape index (κ2) is 10.9. The molecule has 1 aromatic carbocycles. The van der Waals surface area contributed by atoms with Crippen molar-refractivity contribution in [3.63, 3.8) is 0 Å². The second-order valence-electron chi connectivity index (χ2n) is 8.17. The normalized spacial score (nSPS) is 14.1. The van der Waals surface area contributed by atoms with Gasteiger partial charge in [0.15, 0.2) is 9.84 Å². The summed E-state index contributed by atoms with van der Waals surface area (Å²) in [7, 11) is -3.68. The molecule has 0 fully saturated rings. The van der Waals surface area contributed by atoms with Gasteiger partial charge in [0.1, 0.15) is 9.46 Å². The highest BCUT2D eigenvalue weighted by atomic mass is 32.2. The lowest BCUT2D eigenvalue weighted by molar-refractivity contribution is -0.121. The predicted octanol–water partition coefficient (Wildman–Crippen LogP) is 3.63. The van der Waals surface area contributed by atoms with Crippen LogP contribution in [0, 0.1) is 0 Å². The number of aromatic nitrogens is 1. The lowest BCUT2D eigenvalue weighted by Crippen LogP contribution is -2.32. The highest BCUT2D eigenvalue weighted by Gasteiger charge is 2.34. The highest BCUT2D eigenvalue weighted by molar-refractivity contribution is 7.93. The molecule has 4 rings (SSSR count). The molecule has 3 heterocycles. The molecule has 0 bridgehead atoms. The summed E-state index contributed by atoms with van der Waals surface area (Å²) in [4.78, 5) is 42.5. The summed E-state index contributed by atoms with van der Waals surface area (Å²) < 4.78 is 26.5. The van der Waals surface area contributed by atoms with E-state index >= 15 is 0 Å². The largest absolute Gasteiger partial charge is 0.354 e. The van der Waals surface area contributed by atoms with Crippen LogP contribution in [0.3, 0.4) is 0 Å². The van der Waals surface area contributed by atoms with E-state index in [0.717, 1.165) is 11.3 Å². The zero-order chi connectivity index (χ0) is 24.8. The summed E-state index contributed by atoms with van der Waals surface area (Å²) in [6.07, 6.45) is 5.09. The first-order valence-electron chi connectivity index (χ1n) is 11.3. The summed E-state index contributed by atoms with van der Waals surface area (Å²) in [5.74, 6) is -0.811. The lowest BCUT2D eigenvalue weighted by atomic mass is 10.1. The number of hydrogen-bond donors (Lipinski definition) is 1. The Labute approximate surface area is 207 Å². The Bertz CT molecular complexity index is 1270. The Morgan fingerprint density at radius 1 is 0.971 bits per heavy atom. The molecule has 0 spiro atoms. The van der Waals surface area contributed by atoms with Crippen LogP contribution in [0.2, 0.25) is 0 Å². The van der Waals surface area contributed by atoms with Crippen LogP contribution < -0.4 is 5.32 Å². The molecule has 0 saturated carbocycles. The molecule has 3 aromatic rings. The number of thiophene rings is 1. The van der Waals surface area contributed by atoms with Crippen LogP contribution in [0.1, 0.15) is 57.2 Å². The first kappa shape index (κ1) is 24.7. The molecule has 1 atom stereocenters. The minimum absolute atomic E-state index is 0.0558. The van der Waals surface area contributed by atoms with E-state index in [9.17, 15) is 22.8 Å². The number of nitrogens with zero attached hydrogens (tertiary/aromatic N) is 2. The molecule has 2 aromatic heterocycles. The highest BCUT2D eigenvalue weighted by Crippen LogP contribution is 2.30. The molecule has 1 aliphatic heterocycles. The maximum atomic E-state index is 13.1. The van der Waals surface area contributed by atoms with E-state index in [1.54, 1.807) is 60.1 Å². The molecule has 182 valence electrons. The SMILES string of the molecule is O=C(CCCCCN1C(=O)c2ccccc2C1=O)NCC(c1cccnc1)S(=O)(=O)c1cccs1. The molecule has 0 radical (unpaired) electrons. The minimum atomic E-state index is -3.68. The van der Waals surface area contributed by atoms with E-state index in [-0.39, 0.29) is 34.9 Å². The first-order chi connectivity index (χ1) is 16.9. The number of nitrogens with one attached hydrogen (secondary N) is 1. The van der Waals surface area contributed by atoms with Gasteiger partial charge in [0.25, 0.3) is 11.8 Å². The van der Waals surface area contributed by atoms with Gasteiger partial charge in [-0.05, 0) is 48.1 Å². The van der Waals surface area contributed by atoms with Crippen molar-refractivity contribution in [1.29, 1.82) is 0 Å². The Morgan fingerprint density at radius 2 is 1.71 bits per heavy atom. The number of carbonyl (C=O) groups is 3. The van der Waals surface area contributed by atoms with Crippen molar-refractivity contribution < 1.29 is 22.8 Å². The molecule has 1 unspecified atom stereocenters. The van der Waals surface area contributed by atoms with Crippen LogP contribution in [0.4, 0.5) is 0 Å². The quantitative estimate of drug-likeness (QED) is 0.311. The molecule has 10 heteroatoms. The third-order valence-electron chi connectivity index (χ3n) is 5.85. The van der Waals surface area contributed by atoms with Gasteiger partial charge in [-0.2, -0.15) is 0 Å². The van der Waals surface area contributed by atoms with Gasteiger partial charge < -0.3 is 5.32 Å². The van der Waals surface area contributed by atoms with Gasteiger partial charge >= 0.3 is 0 Å². The number of amides is 3. The van der Waals surface area contributed by atoms with Gasteiger partial charge in [0.2, 0.25) is 5.91 Å². The monoisotopic (exact) mass is 511 g/mol. The van der Waals surface area contributed by atoms with Gasteiger partial charge in [-0.1, -0.05) is 30.7 Å². The fourth-order valence-corrected chi connectivity index (χ4v) is 6.86. The molecule has 0 saturated heterocycles. The van der Waals surface area contributed by atoms with E-state index in [1.165, 1.54) is 11.1 Å². The van der Waals surface area contributed by atoms with Crippen molar-refractivity contribution in [2.75, 3.05) is 13.1 Å². The summed E-state index contributed by atoms with van der Waals surface area (Å²) in [5.41, 5.74) is 1.37. The average molecular weight is 512 g/mol. The zero-order valence-corrected chi connectivity index (χ0v) is 20.6. The van der Waals surface area contributed by atoms with Gasteiger partial charge in [-0.25, -0.2) is 8.42 Å². The van der Waals surface area contributed by atoms with Gasteiger partial charge in [-0.3, -0.25) is 24.3 Å². The average Bonchev–Trinajstić information content (AvgIpc) is 3.49. The molecule has 1 N–H and O–H groups in total. The van der Waals surface area contributed by atoms with E-state index < -0.39 is 15.1 Å². The van der Waals surface area contributed by atoms with Crippen molar-refractivity contribution >= 4 is 38.9 Å². The standard InChI is InChI=1S/C25H25N3O5S2/c29-22(11-2-1-5-14-28-24(30)19-9-3-4-10-20(19)25(28)31)27-17-21(18-8-6-13-26-16-18)35(32,33)23-12-7-15-34-23/h3-4,6-10,12-13,15-16,21H,1-2,5,11,14,17H2,(H,27,29). The summed E-state index contributed by atoms with van der Waals surface area (Å²) in [5, 5.41) is 3.51. The molecular weight excluding hydrogens is 486 g/mol. The van der Waals surface area contributed by atoms with Gasteiger partial charge in [0, 0.05) is 31.9 Å². The molecule has 0 aliphatic carbocycles. The van der Waals surface area contributed by atoms with Crippen molar-refractivity contribution in [1.82, 2.24) is 15.2 Å². The van der Waals surface area contributed by atoms with Crippen LogP contribution in [0.15, 0.2) is 70.5 Å². The number of carbonyl (C=O) groups excluding carboxylic acids is 3. The topological polar surface area (TPSA) is 114 Å². The molecule has 3 amide bonds. The van der Waals surface area contributed by atoms with E-state index in [4.69, 9.17) is 0 Å². The lowest BCUT2D eigenvalue weighted by Gasteiger charge is -2.18. The van der Waals surface area contributed by atoms with Crippen LogP contribution in [-0.2, 0) is 14.6 Å². The number of pyridine rings is 1. The fourth-order valence-electron chi connectivity index (χ4n) is 4.01. The number of hydrogen-bond acceptors (Lipinski definition) is 7. The number of unbranched alkanes of at least 4 members (excludes halogenated alkanes) is 2. The summed E-state index contributed by atoms with van der Waals surface area (Å²) >= 11 is 1.14. The van der Waals surface area contributed by atoms with Crippen LogP contribution in [-0.4, -0.2) is 49.1 Å². The summed E-state index contributed by atoms with van der Waals surface area (Å²) in [6.45, 7) is 0.246. The van der Waals surface area contributed by atoms with Gasteiger partial charge in [-0.15, -0.1) is 11.3 Å². The van der Waals surface area contributed by atoms with Crippen LogP contribution in [0.5, 0.6) is 0 Å². The minimum Gasteiger partial charge on any atom is -0.354 e. The third-order valence-corrected chi connectivity index (χ3v) is 9.39. The van der Waals surface area contributed by atoms with E-state index in [0.29, 0.717) is 42.5 Å². The third kappa shape index (κ3) is 5.49. The number of rotatable bonds is 11. The van der Waals surface area contributed by atoms with Crippen LogP contribution >= 0.6 is 11.3 Å². The predicted molar refractivity (Wildman–Crippen MR) is 132 cm³/mol. The summed E-state index contributed by atoms with van der Waals surface area (Å²) in [6, 6.07) is 13.4. The molecule has 35 heavy (non-hydrogen) atoms. The van der Waals surface area contributed by atoms with Gasteiger partial charge in [0.05, 0.1) is 11.1 Å². The Balaban J connectivity index is 1.25. The number of sulfone groups is 1. The zero-order valence-electron chi connectivity index (χ0n) is 18.9. The maximum Gasteiger partial charge on any atom is 0.261 e. The van der Waals surface area contributed by atoms with Crippen LogP contribution in [0.25, 0.3) is 0 Å². The smallest absolute Gasteiger partial charge is 0.261 e. The number of benzene rings is 1. The van der Waals surface area contributed by atoms with Crippen molar-refractivity contribution in [3.05, 3.63) is 83.0 Å².